The molecule has 0 heterocycles. The van der Waals surface area contributed by atoms with E-state index in [4.69, 9.17) is 7.85 Å². The van der Waals surface area contributed by atoms with Crippen molar-refractivity contribution in [2.24, 2.45) is 11.1 Å². The zero-order valence-corrected chi connectivity index (χ0v) is 9.41. The minimum Gasteiger partial charge on any atom is -0.395 e. The molecule has 0 aliphatic carbocycles. The summed E-state index contributed by atoms with van der Waals surface area (Å²) in [5, 5.41) is 5.98. The normalized spacial score (nSPS) is 9.50. The van der Waals surface area contributed by atoms with Crippen LogP contribution in [0.2, 0.25) is 0 Å². The molecule has 0 aromatic heterocycles. The van der Waals surface area contributed by atoms with Gasteiger partial charge >= 0.3 is 0 Å². The van der Waals surface area contributed by atoms with Gasteiger partial charge in [0, 0.05) is 5.92 Å². The second-order valence-electron chi connectivity index (χ2n) is 2.53. The van der Waals surface area contributed by atoms with Crippen molar-refractivity contribution in [2.75, 3.05) is 13.2 Å². The SMILES string of the molecule is CC.[B]/C=N/OCCNC(=O)C(C)C. The number of oxime groups is 1. The molecule has 0 aromatic carbocycles. The molecule has 1 N–H and O–H groups in total. The van der Waals surface area contributed by atoms with Crippen LogP contribution in [0.1, 0.15) is 27.7 Å². The van der Waals surface area contributed by atoms with Crippen LogP contribution in [-0.4, -0.2) is 33.0 Å². The van der Waals surface area contributed by atoms with Crippen molar-refractivity contribution in [3.8, 4) is 0 Å². The van der Waals surface area contributed by atoms with Gasteiger partial charge in [-0.05, 0) is 6.11 Å². The van der Waals surface area contributed by atoms with Gasteiger partial charge < -0.3 is 10.2 Å². The predicted molar refractivity (Wildman–Crippen MR) is 59.4 cm³/mol. The lowest BCUT2D eigenvalue weighted by Gasteiger charge is -2.05. The Bertz CT molecular complexity index is 161. The smallest absolute Gasteiger partial charge is 0.222 e. The quantitative estimate of drug-likeness (QED) is 0.309. The molecule has 0 aliphatic heterocycles. The van der Waals surface area contributed by atoms with E-state index in [0.29, 0.717) is 13.2 Å². The minimum atomic E-state index is 0.00279. The predicted octanol–water partition coefficient (Wildman–Crippen LogP) is 0.913. The minimum absolute atomic E-state index is 0.00279. The van der Waals surface area contributed by atoms with Gasteiger partial charge in [-0.3, -0.25) is 4.79 Å². The van der Waals surface area contributed by atoms with Crippen LogP contribution in [0.15, 0.2) is 5.16 Å². The second-order valence-corrected chi connectivity index (χ2v) is 2.53. The van der Waals surface area contributed by atoms with Gasteiger partial charge in [-0.1, -0.05) is 27.7 Å². The first kappa shape index (κ1) is 15.5. The number of hydrogen-bond acceptors (Lipinski definition) is 3. The third-order valence-electron chi connectivity index (χ3n) is 1.15. The van der Waals surface area contributed by atoms with Crippen molar-refractivity contribution in [2.45, 2.75) is 27.7 Å². The highest BCUT2D eigenvalue weighted by atomic mass is 16.6. The third-order valence-corrected chi connectivity index (χ3v) is 1.15. The lowest BCUT2D eigenvalue weighted by Crippen LogP contribution is -2.30. The van der Waals surface area contributed by atoms with Gasteiger partial charge in [-0.15, -0.1) is 5.16 Å². The standard InChI is InChI=1S/C7H13BN2O2.C2H6/c1-6(2)7(11)9-3-4-12-10-5-8;1-2/h5-6H,3-4H2,1-2H3,(H,9,11);1-2H3/b10-5+;. The maximum Gasteiger partial charge on any atom is 0.222 e. The zero-order chi connectivity index (χ0) is 11.4. The molecule has 2 radical (unpaired) electrons. The summed E-state index contributed by atoms with van der Waals surface area (Å²) in [4.78, 5) is 15.6. The fourth-order valence-electron chi connectivity index (χ4n) is 0.520. The van der Waals surface area contributed by atoms with E-state index >= 15 is 0 Å². The van der Waals surface area contributed by atoms with E-state index < -0.39 is 0 Å². The first-order valence-corrected chi connectivity index (χ1v) is 4.81. The van der Waals surface area contributed by atoms with Crippen LogP contribution in [0.25, 0.3) is 0 Å². The van der Waals surface area contributed by atoms with Crippen molar-refractivity contribution in [3.05, 3.63) is 0 Å². The molecule has 0 atom stereocenters. The van der Waals surface area contributed by atoms with Gasteiger partial charge in [0.05, 0.1) is 6.54 Å². The molecule has 80 valence electrons. The Morgan fingerprint density at radius 1 is 1.57 bits per heavy atom. The van der Waals surface area contributed by atoms with Crippen LogP contribution in [-0.2, 0) is 9.63 Å². The van der Waals surface area contributed by atoms with Crippen LogP contribution in [0.4, 0.5) is 0 Å². The Hall–Kier alpha value is -0.995. The van der Waals surface area contributed by atoms with Gasteiger partial charge in [0.25, 0.3) is 0 Å². The number of hydrogen-bond donors (Lipinski definition) is 1. The summed E-state index contributed by atoms with van der Waals surface area (Å²) in [6.07, 6.45) is 1.06. The van der Waals surface area contributed by atoms with Crippen LogP contribution in [0.5, 0.6) is 0 Å². The van der Waals surface area contributed by atoms with Gasteiger partial charge in [0.2, 0.25) is 5.91 Å². The molecule has 0 spiro atoms. The summed E-state index contributed by atoms with van der Waals surface area (Å²) in [6, 6.07) is 0. The van der Waals surface area contributed by atoms with Crippen molar-refractivity contribution in [3.63, 3.8) is 0 Å². The second kappa shape index (κ2) is 12.0. The molecule has 0 rings (SSSR count). The summed E-state index contributed by atoms with van der Waals surface area (Å²) >= 11 is 0. The molecule has 5 heteroatoms. The van der Waals surface area contributed by atoms with E-state index in [-0.39, 0.29) is 11.8 Å². The summed E-state index contributed by atoms with van der Waals surface area (Å²) in [5.41, 5.74) is 0. The molecule has 1 amide bonds. The van der Waals surface area contributed by atoms with Crippen molar-refractivity contribution < 1.29 is 9.63 Å². The fourth-order valence-corrected chi connectivity index (χ4v) is 0.520. The first-order valence-electron chi connectivity index (χ1n) is 4.81. The first-order chi connectivity index (χ1) is 6.68. The molecule has 0 unspecified atom stereocenters. The maximum absolute atomic E-state index is 10.9. The molecule has 0 saturated carbocycles. The maximum atomic E-state index is 10.9. The number of amides is 1. The monoisotopic (exact) mass is 198 g/mol. The lowest BCUT2D eigenvalue weighted by molar-refractivity contribution is -0.124. The van der Waals surface area contributed by atoms with Crippen LogP contribution >= 0.6 is 0 Å². The molecule has 0 fully saturated rings. The molecule has 0 bridgehead atoms. The van der Waals surface area contributed by atoms with E-state index in [1.54, 1.807) is 0 Å². The molecular formula is C9H19BN2O2. The molecule has 0 aromatic rings. The summed E-state index contributed by atoms with van der Waals surface area (Å²) < 4.78 is 0. The van der Waals surface area contributed by atoms with Gasteiger partial charge in [-0.25, -0.2) is 0 Å². The summed E-state index contributed by atoms with van der Waals surface area (Å²) in [7, 11) is 4.91. The van der Waals surface area contributed by atoms with E-state index in [2.05, 4.69) is 15.3 Å². The number of nitrogens with one attached hydrogen (secondary N) is 1. The van der Waals surface area contributed by atoms with Gasteiger partial charge in [0.15, 0.2) is 0 Å². The highest BCUT2D eigenvalue weighted by Gasteiger charge is 2.04. The Balaban J connectivity index is 0. The Labute approximate surface area is 87.5 Å². The highest BCUT2D eigenvalue weighted by molar-refractivity contribution is 6.49. The topological polar surface area (TPSA) is 50.7 Å². The van der Waals surface area contributed by atoms with E-state index in [1.165, 1.54) is 0 Å². The molecule has 0 aliphatic rings. The highest BCUT2D eigenvalue weighted by Crippen LogP contribution is 1.89. The number of carbonyl (C=O) groups is 1. The van der Waals surface area contributed by atoms with Crippen LogP contribution < -0.4 is 5.32 Å². The molecule has 4 nitrogen and oxygen atoms in total. The number of rotatable bonds is 5. The zero-order valence-electron chi connectivity index (χ0n) is 9.41. The van der Waals surface area contributed by atoms with Crippen LogP contribution in [0.3, 0.4) is 0 Å². The van der Waals surface area contributed by atoms with Crippen LogP contribution in [0, 0.1) is 5.92 Å². The van der Waals surface area contributed by atoms with E-state index in [1.807, 2.05) is 27.7 Å². The van der Waals surface area contributed by atoms with Crippen molar-refractivity contribution in [1.29, 1.82) is 0 Å². The largest absolute Gasteiger partial charge is 0.395 e. The Morgan fingerprint density at radius 2 is 2.14 bits per heavy atom. The third kappa shape index (κ3) is 11.0. The van der Waals surface area contributed by atoms with E-state index in [9.17, 15) is 4.79 Å². The average molecular weight is 198 g/mol. The molecule has 14 heavy (non-hydrogen) atoms. The van der Waals surface area contributed by atoms with E-state index in [0.717, 1.165) is 6.11 Å². The molecule has 0 saturated heterocycles. The Morgan fingerprint density at radius 3 is 2.57 bits per heavy atom. The van der Waals surface area contributed by atoms with Crippen molar-refractivity contribution >= 4 is 19.9 Å². The molecular weight excluding hydrogens is 179 g/mol. The van der Waals surface area contributed by atoms with Gasteiger partial charge in [-0.2, -0.15) is 0 Å². The Kier molecular flexibility index (Phi) is 13.3. The lowest BCUT2D eigenvalue weighted by atomic mass is 10.2. The van der Waals surface area contributed by atoms with Gasteiger partial charge in [0.1, 0.15) is 14.5 Å². The number of nitrogens with zero attached hydrogens (tertiary/aromatic N) is 1. The van der Waals surface area contributed by atoms with Crippen molar-refractivity contribution in [1.82, 2.24) is 5.32 Å². The fraction of sp³-hybridized carbons (Fsp3) is 0.778. The summed E-state index contributed by atoms with van der Waals surface area (Å²) in [5.74, 6) is 0.0123. The average Bonchev–Trinajstić information content (AvgIpc) is 2.20. The number of carbonyl (C=O) groups excluding carboxylic acids is 1. The summed E-state index contributed by atoms with van der Waals surface area (Å²) in [6.45, 7) is 8.45.